The largest absolute Gasteiger partial charge is 0.497 e. The van der Waals surface area contributed by atoms with Gasteiger partial charge in [0.05, 0.1) is 12.0 Å². The average Bonchev–Trinajstić information content (AvgIpc) is 3.49. The molecular formula is C23H21N3O3S. The molecule has 30 heavy (non-hydrogen) atoms. The van der Waals surface area contributed by atoms with Crippen LogP contribution in [0.15, 0.2) is 76.6 Å². The number of nitrogens with zero attached hydrogens (tertiary/aromatic N) is 3. The molecule has 0 aliphatic heterocycles. The molecule has 0 radical (unpaired) electrons. The minimum absolute atomic E-state index is 0.00128. The Labute approximate surface area is 178 Å². The highest BCUT2D eigenvalue weighted by Crippen LogP contribution is 2.22. The molecule has 2 aromatic heterocycles. The molecule has 0 N–H and O–H groups in total. The summed E-state index contributed by atoms with van der Waals surface area (Å²) in [6.45, 7) is 1.000. The summed E-state index contributed by atoms with van der Waals surface area (Å²) in [7, 11) is 1.62. The van der Waals surface area contributed by atoms with Gasteiger partial charge in [0.1, 0.15) is 5.75 Å². The zero-order valence-corrected chi connectivity index (χ0v) is 17.3. The smallest absolute Gasteiger partial charge is 0.264 e. The van der Waals surface area contributed by atoms with Gasteiger partial charge < -0.3 is 14.2 Å². The standard InChI is InChI=1S/C23H21N3O3S/c1-28-19-10-5-9-18(15-19)22-24-21(29-25-22)12-13-26(16-17-7-3-2-4-8-17)23(27)20-11-6-14-30-20/h2-11,14-15H,12-13,16H2,1H3. The van der Waals surface area contributed by atoms with Crippen molar-refractivity contribution in [1.29, 1.82) is 0 Å². The van der Waals surface area contributed by atoms with E-state index < -0.39 is 0 Å². The average molecular weight is 420 g/mol. The highest BCUT2D eigenvalue weighted by Gasteiger charge is 2.19. The summed E-state index contributed by atoms with van der Waals surface area (Å²) in [5.74, 6) is 1.73. The predicted octanol–water partition coefficient (Wildman–Crippen LogP) is 4.69. The molecule has 7 heteroatoms. The second-order valence-corrected chi connectivity index (χ2v) is 7.63. The van der Waals surface area contributed by atoms with Crippen molar-refractivity contribution < 1.29 is 14.1 Å². The number of benzene rings is 2. The van der Waals surface area contributed by atoms with Gasteiger partial charge >= 0.3 is 0 Å². The minimum Gasteiger partial charge on any atom is -0.497 e. The number of ether oxygens (including phenoxy) is 1. The van der Waals surface area contributed by atoms with Gasteiger partial charge in [-0.05, 0) is 29.1 Å². The van der Waals surface area contributed by atoms with E-state index in [0.717, 1.165) is 16.9 Å². The first-order valence-corrected chi connectivity index (χ1v) is 10.4. The Kier molecular flexibility index (Phi) is 6.20. The topological polar surface area (TPSA) is 68.5 Å². The van der Waals surface area contributed by atoms with Crippen LogP contribution in [0.4, 0.5) is 0 Å². The van der Waals surface area contributed by atoms with Gasteiger partial charge in [0.15, 0.2) is 0 Å². The highest BCUT2D eigenvalue weighted by atomic mass is 32.1. The van der Waals surface area contributed by atoms with Gasteiger partial charge in [-0.25, -0.2) is 0 Å². The lowest BCUT2D eigenvalue weighted by atomic mass is 10.2. The Morgan fingerprint density at radius 1 is 1.10 bits per heavy atom. The molecule has 0 saturated heterocycles. The molecule has 2 aromatic carbocycles. The maximum Gasteiger partial charge on any atom is 0.264 e. The third-order valence-corrected chi connectivity index (χ3v) is 5.48. The molecule has 0 atom stereocenters. The van der Waals surface area contributed by atoms with Crippen molar-refractivity contribution in [3.05, 3.63) is 88.4 Å². The monoisotopic (exact) mass is 419 g/mol. The number of aromatic nitrogens is 2. The van der Waals surface area contributed by atoms with E-state index >= 15 is 0 Å². The number of amides is 1. The lowest BCUT2D eigenvalue weighted by Gasteiger charge is -2.21. The summed E-state index contributed by atoms with van der Waals surface area (Å²) in [6, 6.07) is 21.2. The summed E-state index contributed by atoms with van der Waals surface area (Å²) in [4.78, 5) is 20.0. The van der Waals surface area contributed by atoms with Crippen LogP contribution in [0, 0.1) is 0 Å². The van der Waals surface area contributed by atoms with Crippen molar-refractivity contribution in [1.82, 2.24) is 15.0 Å². The predicted molar refractivity (Wildman–Crippen MR) is 115 cm³/mol. The number of methoxy groups -OCH3 is 1. The molecule has 0 aliphatic rings. The maximum absolute atomic E-state index is 13.0. The van der Waals surface area contributed by atoms with Crippen molar-refractivity contribution >= 4 is 17.2 Å². The van der Waals surface area contributed by atoms with Crippen LogP contribution in [0.2, 0.25) is 0 Å². The molecule has 1 amide bonds. The number of hydrogen-bond donors (Lipinski definition) is 0. The van der Waals surface area contributed by atoms with Gasteiger partial charge in [-0.15, -0.1) is 11.3 Å². The van der Waals surface area contributed by atoms with Crippen molar-refractivity contribution in [2.24, 2.45) is 0 Å². The lowest BCUT2D eigenvalue weighted by Crippen LogP contribution is -2.32. The Morgan fingerprint density at radius 2 is 1.97 bits per heavy atom. The van der Waals surface area contributed by atoms with E-state index in [1.165, 1.54) is 11.3 Å². The molecule has 0 aliphatic carbocycles. The summed E-state index contributed by atoms with van der Waals surface area (Å²) in [5.41, 5.74) is 1.89. The number of thiophene rings is 1. The van der Waals surface area contributed by atoms with E-state index in [9.17, 15) is 4.79 Å². The Morgan fingerprint density at radius 3 is 2.73 bits per heavy atom. The first kappa shape index (κ1) is 19.8. The maximum atomic E-state index is 13.0. The summed E-state index contributed by atoms with van der Waals surface area (Å²) in [5, 5.41) is 5.98. The second kappa shape index (κ2) is 9.37. The highest BCUT2D eigenvalue weighted by molar-refractivity contribution is 7.12. The van der Waals surface area contributed by atoms with Crippen molar-refractivity contribution in [3.8, 4) is 17.1 Å². The van der Waals surface area contributed by atoms with E-state index in [0.29, 0.717) is 36.1 Å². The second-order valence-electron chi connectivity index (χ2n) is 6.68. The normalized spacial score (nSPS) is 10.7. The number of rotatable bonds is 8. The molecular weight excluding hydrogens is 398 g/mol. The third-order valence-electron chi connectivity index (χ3n) is 4.63. The minimum atomic E-state index is 0.00128. The molecule has 4 rings (SSSR count). The van der Waals surface area contributed by atoms with Gasteiger partial charge in [-0.2, -0.15) is 4.98 Å². The first-order chi connectivity index (χ1) is 14.7. The first-order valence-electron chi connectivity index (χ1n) is 9.56. The van der Waals surface area contributed by atoms with Crippen LogP contribution in [-0.2, 0) is 13.0 Å². The van der Waals surface area contributed by atoms with Crippen molar-refractivity contribution in [2.75, 3.05) is 13.7 Å². The van der Waals surface area contributed by atoms with E-state index in [1.54, 1.807) is 7.11 Å². The van der Waals surface area contributed by atoms with Gasteiger partial charge in [0, 0.05) is 25.1 Å². The van der Waals surface area contributed by atoms with Gasteiger partial charge in [0.2, 0.25) is 11.7 Å². The Hall–Kier alpha value is -3.45. The van der Waals surface area contributed by atoms with Gasteiger partial charge in [-0.3, -0.25) is 4.79 Å². The molecule has 2 heterocycles. The number of carbonyl (C=O) groups is 1. The Bertz CT molecular complexity index is 1090. The molecule has 6 nitrogen and oxygen atoms in total. The fourth-order valence-corrected chi connectivity index (χ4v) is 3.77. The van der Waals surface area contributed by atoms with E-state index in [1.807, 2.05) is 77.0 Å². The van der Waals surface area contributed by atoms with Crippen LogP contribution in [0.3, 0.4) is 0 Å². The SMILES string of the molecule is COc1cccc(-c2noc(CCN(Cc3ccccc3)C(=O)c3cccs3)n2)c1. The Balaban J connectivity index is 1.48. The van der Waals surface area contributed by atoms with Crippen molar-refractivity contribution in [2.45, 2.75) is 13.0 Å². The van der Waals surface area contributed by atoms with Gasteiger partial charge in [-0.1, -0.05) is 53.7 Å². The van der Waals surface area contributed by atoms with E-state index in [-0.39, 0.29) is 5.91 Å². The molecule has 0 fully saturated rings. The van der Waals surface area contributed by atoms with Crippen molar-refractivity contribution in [3.63, 3.8) is 0 Å². The van der Waals surface area contributed by atoms with Crippen LogP contribution < -0.4 is 4.74 Å². The summed E-state index contributed by atoms with van der Waals surface area (Å²) < 4.78 is 10.7. The van der Waals surface area contributed by atoms with Crippen LogP contribution in [0.25, 0.3) is 11.4 Å². The molecule has 0 saturated carbocycles. The summed E-state index contributed by atoms with van der Waals surface area (Å²) >= 11 is 1.44. The van der Waals surface area contributed by atoms with E-state index in [2.05, 4.69) is 10.1 Å². The van der Waals surface area contributed by atoms with Gasteiger partial charge in [0.25, 0.3) is 5.91 Å². The quantitative estimate of drug-likeness (QED) is 0.414. The molecule has 0 bridgehead atoms. The van der Waals surface area contributed by atoms with Crippen LogP contribution in [0.1, 0.15) is 21.1 Å². The van der Waals surface area contributed by atoms with Crippen LogP contribution in [0.5, 0.6) is 5.75 Å². The van der Waals surface area contributed by atoms with Crippen LogP contribution >= 0.6 is 11.3 Å². The summed E-state index contributed by atoms with van der Waals surface area (Å²) in [6.07, 6.45) is 0.473. The number of carbonyl (C=O) groups excluding carboxylic acids is 1. The van der Waals surface area contributed by atoms with E-state index in [4.69, 9.17) is 9.26 Å². The number of hydrogen-bond acceptors (Lipinski definition) is 6. The zero-order valence-electron chi connectivity index (χ0n) is 16.5. The molecule has 0 spiro atoms. The molecule has 4 aromatic rings. The molecule has 152 valence electrons. The third kappa shape index (κ3) is 4.75. The lowest BCUT2D eigenvalue weighted by molar-refractivity contribution is 0.0746. The fourth-order valence-electron chi connectivity index (χ4n) is 3.08. The molecule has 0 unspecified atom stereocenters. The van der Waals surface area contributed by atoms with Crippen LogP contribution in [-0.4, -0.2) is 34.6 Å². The zero-order chi connectivity index (χ0) is 20.8. The fraction of sp³-hybridized carbons (Fsp3) is 0.174.